The van der Waals surface area contributed by atoms with Crippen LogP contribution in [0.5, 0.6) is 0 Å². The van der Waals surface area contributed by atoms with Gasteiger partial charge in [0.1, 0.15) is 5.82 Å². The van der Waals surface area contributed by atoms with Gasteiger partial charge in [0.05, 0.1) is 17.0 Å². The second kappa shape index (κ2) is 5.40. The van der Waals surface area contributed by atoms with Crippen molar-refractivity contribution in [3.05, 3.63) is 29.6 Å². The molecule has 0 bridgehead atoms. The van der Waals surface area contributed by atoms with E-state index in [1.165, 1.54) is 0 Å². The molecule has 0 radical (unpaired) electrons. The number of hydrogen-bond acceptors (Lipinski definition) is 4. The Morgan fingerprint density at radius 1 is 1.43 bits per heavy atom. The maximum atomic E-state index is 13.3. The van der Waals surface area contributed by atoms with Gasteiger partial charge in [-0.05, 0) is 18.2 Å². The molecule has 1 heterocycles. The first-order valence-corrected chi connectivity index (χ1v) is 7.48. The van der Waals surface area contributed by atoms with Gasteiger partial charge in [0, 0.05) is 18.9 Å². The summed E-state index contributed by atoms with van der Waals surface area (Å²) in [5.74, 6) is -4.27. The fourth-order valence-corrected chi connectivity index (χ4v) is 3.10. The van der Waals surface area contributed by atoms with Crippen LogP contribution >= 0.6 is 0 Å². The molecule has 2 rings (SSSR count). The average Bonchev–Trinajstić information content (AvgIpc) is 2.66. The van der Waals surface area contributed by atoms with Crippen molar-refractivity contribution in [1.29, 1.82) is 0 Å². The summed E-state index contributed by atoms with van der Waals surface area (Å²) in [7, 11) is -4.74. The Kier molecular flexibility index (Phi) is 3.95. The third-order valence-corrected chi connectivity index (χ3v) is 3.99. The minimum Gasteiger partial charge on any atom is -0.478 e. The Balaban J connectivity index is 2.33. The van der Waals surface area contributed by atoms with E-state index in [-0.39, 0.29) is 24.2 Å². The predicted octanol–water partition coefficient (Wildman–Crippen LogP) is 1.18. The van der Waals surface area contributed by atoms with Gasteiger partial charge in [-0.15, -0.1) is 3.89 Å². The van der Waals surface area contributed by atoms with E-state index in [1.807, 2.05) is 0 Å². The fourth-order valence-electron chi connectivity index (χ4n) is 2.32. The number of carbonyl (C=O) groups is 2. The molecule has 1 aromatic rings. The first-order chi connectivity index (χ1) is 9.67. The quantitative estimate of drug-likeness (QED) is 0.841. The summed E-state index contributed by atoms with van der Waals surface area (Å²) in [4.78, 5) is 23.9. The second-order valence-electron chi connectivity index (χ2n) is 4.75. The zero-order valence-electron chi connectivity index (χ0n) is 10.6. The SMILES string of the molecule is O=C(O)c1ccc(F)cc1N1CC(CS(=O)(=O)F)CC1=O. The van der Waals surface area contributed by atoms with Crippen molar-refractivity contribution in [3.63, 3.8) is 0 Å². The Morgan fingerprint density at radius 3 is 2.67 bits per heavy atom. The molecule has 1 aliphatic rings. The molecule has 114 valence electrons. The minimum atomic E-state index is -4.74. The molecule has 0 aliphatic carbocycles. The monoisotopic (exact) mass is 319 g/mol. The van der Waals surface area contributed by atoms with Gasteiger partial charge in [-0.25, -0.2) is 9.18 Å². The van der Waals surface area contributed by atoms with Crippen LogP contribution in [-0.2, 0) is 15.0 Å². The molecule has 1 fully saturated rings. The number of carboxylic acids is 1. The summed E-state index contributed by atoms with van der Waals surface area (Å²) in [5.41, 5.74) is -0.445. The molecule has 1 unspecified atom stereocenters. The zero-order valence-corrected chi connectivity index (χ0v) is 11.4. The van der Waals surface area contributed by atoms with Crippen molar-refractivity contribution in [2.75, 3.05) is 17.2 Å². The van der Waals surface area contributed by atoms with Gasteiger partial charge in [-0.1, -0.05) is 0 Å². The summed E-state index contributed by atoms with van der Waals surface area (Å²) in [6, 6.07) is 2.84. The number of hydrogen-bond donors (Lipinski definition) is 1. The molecule has 1 saturated heterocycles. The molecule has 1 amide bonds. The van der Waals surface area contributed by atoms with Crippen molar-refractivity contribution in [2.45, 2.75) is 6.42 Å². The Hall–Kier alpha value is -2.03. The number of benzene rings is 1. The number of carbonyl (C=O) groups excluding carboxylic acids is 1. The molecule has 1 aromatic carbocycles. The highest BCUT2D eigenvalue weighted by Gasteiger charge is 2.35. The molecule has 0 saturated carbocycles. The molecule has 6 nitrogen and oxygen atoms in total. The van der Waals surface area contributed by atoms with Crippen LogP contribution in [0, 0.1) is 11.7 Å². The number of anilines is 1. The van der Waals surface area contributed by atoms with Crippen LogP contribution in [0.4, 0.5) is 14.0 Å². The van der Waals surface area contributed by atoms with Crippen molar-refractivity contribution < 1.29 is 31.4 Å². The van der Waals surface area contributed by atoms with Gasteiger partial charge in [0.15, 0.2) is 0 Å². The highest BCUT2D eigenvalue weighted by molar-refractivity contribution is 7.86. The highest BCUT2D eigenvalue weighted by Crippen LogP contribution is 2.29. The minimum absolute atomic E-state index is 0.161. The van der Waals surface area contributed by atoms with Crippen molar-refractivity contribution in [3.8, 4) is 0 Å². The van der Waals surface area contributed by atoms with Crippen molar-refractivity contribution in [1.82, 2.24) is 0 Å². The normalized spacial score (nSPS) is 19.0. The van der Waals surface area contributed by atoms with Gasteiger partial charge >= 0.3 is 16.2 Å². The van der Waals surface area contributed by atoms with Crippen molar-refractivity contribution >= 4 is 27.8 Å². The maximum Gasteiger partial charge on any atom is 0.337 e. The number of amides is 1. The summed E-state index contributed by atoms with van der Waals surface area (Å²) in [6.45, 7) is -0.175. The van der Waals surface area contributed by atoms with Crippen LogP contribution in [-0.4, -0.2) is 37.7 Å². The van der Waals surface area contributed by atoms with Gasteiger partial charge in [-0.2, -0.15) is 8.42 Å². The number of halogens is 2. The van der Waals surface area contributed by atoms with E-state index in [9.17, 15) is 26.3 Å². The van der Waals surface area contributed by atoms with Gasteiger partial charge in [0.25, 0.3) is 0 Å². The van der Waals surface area contributed by atoms with Crippen LogP contribution in [0.1, 0.15) is 16.8 Å². The van der Waals surface area contributed by atoms with Gasteiger partial charge in [-0.3, -0.25) is 4.79 Å². The molecular formula is C12H11F2NO5S. The summed E-state index contributed by atoms with van der Waals surface area (Å²) >= 11 is 0. The molecular weight excluding hydrogens is 308 g/mol. The first-order valence-electron chi connectivity index (χ1n) is 5.93. The Bertz CT molecular complexity index is 704. The molecule has 1 aliphatic heterocycles. The lowest BCUT2D eigenvalue weighted by Crippen LogP contribution is -2.27. The Morgan fingerprint density at radius 2 is 2.10 bits per heavy atom. The standard InChI is InChI=1S/C12H11F2NO5S/c13-8-1-2-9(12(17)18)10(4-8)15-5-7(3-11(15)16)6-21(14,19)20/h1-2,4,7H,3,5-6H2,(H,17,18). The molecule has 1 N–H and O–H groups in total. The van der Waals surface area contributed by atoms with Crippen LogP contribution in [0.2, 0.25) is 0 Å². The lowest BCUT2D eigenvalue weighted by atomic mass is 10.1. The molecule has 0 spiro atoms. The molecule has 21 heavy (non-hydrogen) atoms. The second-order valence-corrected chi connectivity index (χ2v) is 6.16. The number of rotatable bonds is 4. The van der Waals surface area contributed by atoms with Gasteiger partial charge in [0.2, 0.25) is 5.91 Å². The molecule has 9 heteroatoms. The highest BCUT2D eigenvalue weighted by atomic mass is 32.3. The lowest BCUT2D eigenvalue weighted by Gasteiger charge is -2.18. The zero-order chi connectivity index (χ0) is 15.8. The fraction of sp³-hybridized carbons (Fsp3) is 0.333. The number of nitrogens with zero attached hydrogens (tertiary/aromatic N) is 1. The summed E-state index contributed by atoms with van der Waals surface area (Å²) in [6.07, 6.45) is -0.237. The van der Waals surface area contributed by atoms with E-state index >= 15 is 0 Å². The van der Waals surface area contributed by atoms with Crippen LogP contribution in [0.15, 0.2) is 18.2 Å². The van der Waals surface area contributed by atoms with E-state index in [1.54, 1.807) is 0 Å². The number of aromatic carboxylic acids is 1. The third-order valence-electron chi connectivity index (χ3n) is 3.12. The lowest BCUT2D eigenvalue weighted by molar-refractivity contribution is -0.117. The summed E-state index contributed by atoms with van der Waals surface area (Å²) in [5, 5.41) is 9.04. The van der Waals surface area contributed by atoms with E-state index < -0.39 is 39.6 Å². The van der Waals surface area contributed by atoms with E-state index in [2.05, 4.69) is 0 Å². The first kappa shape index (κ1) is 15.4. The molecule has 1 atom stereocenters. The van der Waals surface area contributed by atoms with Gasteiger partial charge < -0.3 is 10.0 Å². The van der Waals surface area contributed by atoms with Crippen LogP contribution < -0.4 is 4.90 Å². The third kappa shape index (κ3) is 3.54. The molecule has 0 aromatic heterocycles. The van der Waals surface area contributed by atoms with Crippen LogP contribution in [0.3, 0.4) is 0 Å². The Labute approximate surface area is 119 Å². The van der Waals surface area contributed by atoms with Crippen LogP contribution in [0.25, 0.3) is 0 Å². The van der Waals surface area contributed by atoms with E-state index in [4.69, 9.17) is 5.11 Å². The smallest absolute Gasteiger partial charge is 0.337 e. The van der Waals surface area contributed by atoms with Crippen molar-refractivity contribution in [2.24, 2.45) is 5.92 Å². The van der Waals surface area contributed by atoms with E-state index in [0.29, 0.717) is 0 Å². The predicted molar refractivity (Wildman–Crippen MR) is 68.7 cm³/mol. The summed E-state index contributed by atoms with van der Waals surface area (Å²) < 4.78 is 47.2. The largest absolute Gasteiger partial charge is 0.478 e. The topological polar surface area (TPSA) is 91.8 Å². The number of carboxylic acid groups (broad SMARTS) is 1. The average molecular weight is 319 g/mol. The van der Waals surface area contributed by atoms with E-state index in [0.717, 1.165) is 23.1 Å². The maximum absolute atomic E-state index is 13.3.